The average Bonchev–Trinajstić information content (AvgIpc) is 2.54. The third-order valence-corrected chi connectivity index (χ3v) is 3.21. The van der Waals surface area contributed by atoms with Crippen molar-refractivity contribution in [1.29, 1.82) is 0 Å². The third-order valence-electron chi connectivity index (χ3n) is 3.21. The van der Waals surface area contributed by atoms with E-state index < -0.39 is 0 Å². The summed E-state index contributed by atoms with van der Waals surface area (Å²) in [6, 6.07) is 4.02. The molecule has 0 bridgehead atoms. The second-order valence-electron chi connectivity index (χ2n) is 4.68. The molecule has 1 aromatic rings. The Morgan fingerprint density at radius 3 is 2.27 bits per heavy atom. The monoisotopic (exact) mass is 293 g/mol. The molecule has 0 aliphatic rings. The summed E-state index contributed by atoms with van der Waals surface area (Å²) in [6.07, 6.45) is 9.35. The Bertz CT molecular complexity index is 674. The van der Waals surface area contributed by atoms with E-state index >= 15 is 0 Å². The number of hydrogen-bond donors (Lipinski definition) is 0. The van der Waals surface area contributed by atoms with Crippen molar-refractivity contribution in [2.24, 2.45) is 9.98 Å². The summed E-state index contributed by atoms with van der Waals surface area (Å²) >= 11 is 0. The van der Waals surface area contributed by atoms with Gasteiger partial charge in [-0.1, -0.05) is 37.5 Å². The van der Waals surface area contributed by atoms with Gasteiger partial charge in [0, 0.05) is 13.2 Å². The normalized spacial score (nSPS) is 13.5. The van der Waals surface area contributed by atoms with Crippen LogP contribution in [0.15, 0.2) is 65.8 Å². The lowest BCUT2D eigenvalue weighted by atomic mass is 10.0. The minimum atomic E-state index is 0.809. The molecule has 0 aliphatic carbocycles. The summed E-state index contributed by atoms with van der Waals surface area (Å²) < 4.78 is 0. The Morgan fingerprint density at radius 1 is 1.14 bits per heavy atom. The minimum absolute atomic E-state index is 0.809. The van der Waals surface area contributed by atoms with Gasteiger partial charge in [-0.05, 0) is 44.0 Å². The van der Waals surface area contributed by atoms with Gasteiger partial charge < -0.3 is 0 Å². The molecule has 0 N–H and O–H groups in total. The fourth-order valence-corrected chi connectivity index (χ4v) is 1.87. The minimum Gasteiger partial charge on any atom is -0.291 e. The van der Waals surface area contributed by atoms with Crippen LogP contribution in [0.25, 0.3) is 5.57 Å². The van der Waals surface area contributed by atoms with Gasteiger partial charge in [0.05, 0.1) is 22.8 Å². The lowest BCUT2D eigenvalue weighted by Crippen LogP contribution is -2.07. The smallest absolute Gasteiger partial charge is 0.0855 e. The van der Waals surface area contributed by atoms with Crippen LogP contribution in [0.5, 0.6) is 0 Å². The fraction of sp³-hybridized carbons (Fsp3) is 0.211. The number of aliphatic imine (C=N–C) groups is 2. The highest BCUT2D eigenvalue weighted by Gasteiger charge is 2.09. The topological polar surface area (TPSA) is 37.6 Å². The first kappa shape index (κ1) is 17.5. The van der Waals surface area contributed by atoms with E-state index in [0.29, 0.717) is 0 Å². The molecule has 0 atom stereocenters. The molecule has 22 heavy (non-hydrogen) atoms. The van der Waals surface area contributed by atoms with Crippen LogP contribution in [-0.2, 0) is 0 Å². The molecule has 3 heteroatoms. The molecule has 1 aromatic heterocycles. The molecule has 0 aromatic carbocycles. The standard InChI is InChI=1S/C19H23N3/c1-7-10-11-16(8-2)17-12-18(14(4)20-6)22-19(13-17)15(5)21-9-3/h7-13H,2-3H2,1,4-6H3/b10-7-,16-11+,20-14+,21-15+. The second kappa shape index (κ2) is 8.67. The SMILES string of the molecule is C=C/N=C(\C)c1cc(/C(C=C)=C/C=C\C)cc(/C(C)=N/C)n1. The van der Waals surface area contributed by atoms with Crippen molar-refractivity contribution < 1.29 is 0 Å². The van der Waals surface area contributed by atoms with Crippen molar-refractivity contribution in [2.45, 2.75) is 20.8 Å². The lowest BCUT2D eigenvalue weighted by molar-refractivity contribution is 1.22. The van der Waals surface area contributed by atoms with E-state index in [1.54, 1.807) is 7.05 Å². The molecule has 0 spiro atoms. The van der Waals surface area contributed by atoms with Crippen LogP contribution in [0.4, 0.5) is 0 Å². The van der Waals surface area contributed by atoms with Crippen molar-refractivity contribution in [2.75, 3.05) is 7.05 Å². The highest BCUT2D eigenvalue weighted by Crippen LogP contribution is 2.19. The molecule has 1 rings (SSSR count). The third kappa shape index (κ3) is 4.48. The van der Waals surface area contributed by atoms with E-state index in [0.717, 1.165) is 33.9 Å². The van der Waals surface area contributed by atoms with Gasteiger partial charge in [-0.2, -0.15) is 0 Å². The summed E-state index contributed by atoms with van der Waals surface area (Å²) in [6.45, 7) is 13.4. The van der Waals surface area contributed by atoms with Crippen LogP contribution in [0.1, 0.15) is 37.7 Å². The van der Waals surface area contributed by atoms with Crippen LogP contribution in [-0.4, -0.2) is 23.5 Å². The van der Waals surface area contributed by atoms with E-state index in [-0.39, 0.29) is 0 Å². The Kier molecular flexibility index (Phi) is 6.90. The van der Waals surface area contributed by atoms with Gasteiger partial charge in [0.15, 0.2) is 0 Å². The molecule has 0 amide bonds. The van der Waals surface area contributed by atoms with Crippen LogP contribution >= 0.6 is 0 Å². The maximum atomic E-state index is 4.63. The Hall–Kier alpha value is -2.55. The summed E-state index contributed by atoms with van der Waals surface area (Å²) in [5.41, 5.74) is 5.40. The first-order valence-corrected chi connectivity index (χ1v) is 7.14. The molecule has 0 saturated carbocycles. The first-order chi connectivity index (χ1) is 10.6. The molecular formula is C19H23N3. The molecule has 1 heterocycles. The lowest BCUT2D eigenvalue weighted by Gasteiger charge is -2.09. The highest BCUT2D eigenvalue weighted by molar-refractivity contribution is 6.02. The largest absolute Gasteiger partial charge is 0.291 e. The van der Waals surface area contributed by atoms with Crippen molar-refractivity contribution >= 4 is 17.0 Å². The zero-order chi connectivity index (χ0) is 16.5. The van der Waals surface area contributed by atoms with Crippen LogP contribution in [0, 0.1) is 0 Å². The Morgan fingerprint density at radius 2 is 1.77 bits per heavy atom. The Balaban J connectivity index is 3.57. The summed E-state index contributed by atoms with van der Waals surface area (Å²) in [5.74, 6) is 0. The van der Waals surface area contributed by atoms with Gasteiger partial charge in [-0.25, -0.2) is 4.98 Å². The molecular weight excluding hydrogens is 270 g/mol. The maximum Gasteiger partial charge on any atom is 0.0855 e. The number of allylic oxidation sites excluding steroid dienone is 5. The van der Waals surface area contributed by atoms with Crippen molar-refractivity contribution in [3.63, 3.8) is 0 Å². The zero-order valence-corrected chi connectivity index (χ0v) is 13.8. The number of aromatic nitrogens is 1. The van der Waals surface area contributed by atoms with E-state index in [4.69, 9.17) is 0 Å². The van der Waals surface area contributed by atoms with Crippen molar-refractivity contribution in [3.05, 3.63) is 72.7 Å². The number of pyridine rings is 1. The molecule has 0 radical (unpaired) electrons. The highest BCUT2D eigenvalue weighted by atomic mass is 14.8. The van der Waals surface area contributed by atoms with Crippen LogP contribution < -0.4 is 0 Å². The Labute approximate surface area is 133 Å². The predicted molar refractivity (Wildman–Crippen MR) is 97.8 cm³/mol. The second-order valence-corrected chi connectivity index (χ2v) is 4.68. The molecule has 114 valence electrons. The maximum absolute atomic E-state index is 4.63. The van der Waals surface area contributed by atoms with E-state index in [1.165, 1.54) is 6.20 Å². The van der Waals surface area contributed by atoms with Gasteiger partial charge in [-0.15, -0.1) is 0 Å². The number of hydrogen-bond acceptors (Lipinski definition) is 3. The van der Waals surface area contributed by atoms with E-state index in [9.17, 15) is 0 Å². The quantitative estimate of drug-likeness (QED) is 0.557. The van der Waals surface area contributed by atoms with Gasteiger partial charge in [0.1, 0.15) is 0 Å². The molecule has 0 fully saturated rings. The van der Waals surface area contributed by atoms with Crippen molar-refractivity contribution in [3.8, 4) is 0 Å². The van der Waals surface area contributed by atoms with Crippen LogP contribution in [0.2, 0.25) is 0 Å². The van der Waals surface area contributed by atoms with Gasteiger partial charge in [0.25, 0.3) is 0 Å². The van der Waals surface area contributed by atoms with Crippen LogP contribution in [0.3, 0.4) is 0 Å². The molecule has 0 saturated heterocycles. The van der Waals surface area contributed by atoms with Gasteiger partial charge in [0.2, 0.25) is 0 Å². The molecule has 0 aliphatic heterocycles. The number of rotatable bonds is 6. The van der Waals surface area contributed by atoms with E-state index in [2.05, 4.69) is 28.1 Å². The fourth-order valence-electron chi connectivity index (χ4n) is 1.87. The average molecular weight is 293 g/mol. The number of nitrogens with zero attached hydrogens (tertiary/aromatic N) is 3. The van der Waals surface area contributed by atoms with E-state index in [1.807, 2.05) is 57.2 Å². The molecule has 3 nitrogen and oxygen atoms in total. The zero-order valence-electron chi connectivity index (χ0n) is 13.8. The molecule has 0 unspecified atom stereocenters. The first-order valence-electron chi connectivity index (χ1n) is 7.14. The van der Waals surface area contributed by atoms with Crippen molar-refractivity contribution in [1.82, 2.24) is 4.98 Å². The van der Waals surface area contributed by atoms with Gasteiger partial charge in [-0.3, -0.25) is 9.98 Å². The summed E-state index contributed by atoms with van der Waals surface area (Å²) in [5, 5.41) is 0. The predicted octanol–water partition coefficient (Wildman–Crippen LogP) is 4.62. The summed E-state index contributed by atoms with van der Waals surface area (Å²) in [7, 11) is 1.76. The summed E-state index contributed by atoms with van der Waals surface area (Å²) in [4.78, 5) is 13.1. The van der Waals surface area contributed by atoms with Gasteiger partial charge >= 0.3 is 0 Å².